The van der Waals surface area contributed by atoms with Crippen LogP contribution in [0.2, 0.25) is 5.15 Å². The molecule has 0 aliphatic heterocycles. The smallest absolute Gasteiger partial charge is 0.332 e. The Balaban J connectivity index is 1.44. The molecule has 2 heterocycles. The summed E-state index contributed by atoms with van der Waals surface area (Å²) >= 11 is 6.45. The van der Waals surface area contributed by atoms with E-state index < -0.39 is 17.4 Å². The number of benzene rings is 1. The SMILES string of the molecule is Cc1cc(-c2nc(C3CCC(C)(F)CC3)[nH]c2Cl)ccc1CCc1ccc(C(F)(F)F)cn1. The Morgan fingerprint density at radius 2 is 1.85 bits per heavy atom. The first-order chi connectivity index (χ1) is 15.5. The highest BCUT2D eigenvalue weighted by Crippen LogP contribution is 2.40. The summed E-state index contributed by atoms with van der Waals surface area (Å²) in [6, 6.07) is 8.45. The van der Waals surface area contributed by atoms with Crippen LogP contribution in [0.3, 0.4) is 0 Å². The van der Waals surface area contributed by atoms with Gasteiger partial charge in [-0.2, -0.15) is 13.2 Å². The Morgan fingerprint density at radius 1 is 1.12 bits per heavy atom. The maximum absolute atomic E-state index is 14.1. The highest BCUT2D eigenvalue weighted by Gasteiger charge is 2.33. The van der Waals surface area contributed by atoms with Gasteiger partial charge >= 0.3 is 6.18 Å². The minimum absolute atomic E-state index is 0.177. The Bertz CT molecular complexity index is 1110. The largest absolute Gasteiger partial charge is 0.417 e. The minimum atomic E-state index is -4.38. The molecule has 3 nitrogen and oxygen atoms in total. The van der Waals surface area contributed by atoms with Crippen LogP contribution >= 0.6 is 11.6 Å². The minimum Gasteiger partial charge on any atom is -0.332 e. The zero-order valence-corrected chi connectivity index (χ0v) is 19.3. The molecule has 3 aromatic rings. The first-order valence-corrected chi connectivity index (χ1v) is 11.5. The number of alkyl halides is 4. The molecular formula is C25H26ClF4N3. The first kappa shape index (κ1) is 23.7. The molecule has 0 saturated heterocycles. The molecule has 33 heavy (non-hydrogen) atoms. The van der Waals surface area contributed by atoms with Gasteiger partial charge < -0.3 is 4.98 Å². The number of imidazole rings is 1. The molecule has 0 bridgehead atoms. The van der Waals surface area contributed by atoms with Gasteiger partial charge in [-0.3, -0.25) is 4.98 Å². The van der Waals surface area contributed by atoms with Gasteiger partial charge in [-0.05, 0) is 81.7 Å². The number of nitrogens with one attached hydrogen (secondary N) is 1. The summed E-state index contributed by atoms with van der Waals surface area (Å²) < 4.78 is 52.2. The van der Waals surface area contributed by atoms with E-state index in [1.165, 1.54) is 6.07 Å². The van der Waals surface area contributed by atoms with Gasteiger partial charge in [0, 0.05) is 23.4 Å². The average molecular weight is 480 g/mol. The number of halogens is 5. The molecule has 8 heteroatoms. The molecule has 1 saturated carbocycles. The van der Waals surface area contributed by atoms with Gasteiger partial charge in [-0.25, -0.2) is 9.37 Å². The molecule has 2 aromatic heterocycles. The normalized spacial score (nSPS) is 21.4. The van der Waals surface area contributed by atoms with Gasteiger partial charge in [0.1, 0.15) is 22.3 Å². The molecule has 1 fully saturated rings. The third-order valence-electron chi connectivity index (χ3n) is 6.51. The summed E-state index contributed by atoms with van der Waals surface area (Å²) in [6.07, 6.45) is 0.228. The van der Waals surface area contributed by atoms with E-state index in [0.717, 1.165) is 47.6 Å². The van der Waals surface area contributed by atoms with Crippen LogP contribution in [0.15, 0.2) is 36.5 Å². The van der Waals surface area contributed by atoms with Crippen molar-refractivity contribution < 1.29 is 17.6 Å². The van der Waals surface area contributed by atoms with Crippen LogP contribution in [0, 0.1) is 6.92 Å². The topological polar surface area (TPSA) is 41.6 Å². The van der Waals surface area contributed by atoms with Crippen molar-refractivity contribution in [1.82, 2.24) is 15.0 Å². The maximum Gasteiger partial charge on any atom is 0.417 e. The number of pyridine rings is 1. The van der Waals surface area contributed by atoms with Crippen LogP contribution in [0.4, 0.5) is 17.6 Å². The molecule has 0 spiro atoms. The molecule has 1 aliphatic rings. The van der Waals surface area contributed by atoms with Crippen LogP contribution in [0.1, 0.15) is 66.7 Å². The zero-order chi connectivity index (χ0) is 23.8. The number of aryl methyl sites for hydroxylation is 3. The zero-order valence-electron chi connectivity index (χ0n) is 18.6. The van der Waals surface area contributed by atoms with Crippen molar-refractivity contribution in [2.24, 2.45) is 0 Å². The van der Waals surface area contributed by atoms with Crippen LogP contribution in [-0.2, 0) is 19.0 Å². The van der Waals surface area contributed by atoms with E-state index >= 15 is 0 Å². The molecule has 0 atom stereocenters. The van der Waals surface area contributed by atoms with Crippen molar-refractivity contribution in [2.75, 3.05) is 0 Å². The van der Waals surface area contributed by atoms with Crippen molar-refractivity contribution >= 4 is 11.6 Å². The summed E-state index contributed by atoms with van der Waals surface area (Å²) in [5.74, 6) is 0.984. The van der Waals surface area contributed by atoms with Gasteiger partial charge in [-0.1, -0.05) is 23.7 Å². The standard InChI is InChI=1S/C25H26ClF4N3/c1-15-13-18(21-22(26)33-23(32-21)17-9-11-24(2,27)12-10-17)4-3-16(15)5-7-20-8-6-19(14-31-20)25(28,29)30/h3-4,6,8,13-14,17H,5,7,9-12H2,1-2H3,(H,32,33). The van der Waals surface area contributed by atoms with Crippen LogP contribution in [0.25, 0.3) is 11.3 Å². The van der Waals surface area contributed by atoms with Crippen molar-refractivity contribution in [2.45, 2.75) is 70.1 Å². The predicted molar refractivity (Wildman–Crippen MR) is 121 cm³/mol. The highest BCUT2D eigenvalue weighted by molar-refractivity contribution is 6.31. The molecule has 0 unspecified atom stereocenters. The van der Waals surface area contributed by atoms with E-state index in [0.29, 0.717) is 42.2 Å². The predicted octanol–water partition coefficient (Wildman–Crippen LogP) is 7.62. The summed E-state index contributed by atoms with van der Waals surface area (Å²) in [4.78, 5) is 11.9. The van der Waals surface area contributed by atoms with Crippen molar-refractivity contribution in [3.05, 3.63) is 69.9 Å². The van der Waals surface area contributed by atoms with Gasteiger partial charge in [0.15, 0.2) is 0 Å². The molecule has 4 rings (SSSR count). The summed E-state index contributed by atoms with van der Waals surface area (Å²) in [5, 5.41) is 0.472. The fraction of sp³-hybridized carbons (Fsp3) is 0.440. The number of nitrogens with zero attached hydrogens (tertiary/aromatic N) is 2. The third kappa shape index (κ3) is 5.57. The van der Waals surface area contributed by atoms with E-state index in [9.17, 15) is 17.6 Å². The van der Waals surface area contributed by atoms with E-state index in [4.69, 9.17) is 16.6 Å². The second-order valence-electron chi connectivity index (χ2n) is 9.15. The molecule has 1 aliphatic carbocycles. The molecular weight excluding hydrogens is 454 g/mol. The van der Waals surface area contributed by atoms with E-state index in [1.807, 2.05) is 25.1 Å². The Kier molecular flexibility index (Phi) is 6.54. The van der Waals surface area contributed by atoms with Gasteiger partial charge in [0.2, 0.25) is 0 Å². The second kappa shape index (κ2) is 9.09. The fourth-order valence-corrected chi connectivity index (χ4v) is 4.62. The first-order valence-electron chi connectivity index (χ1n) is 11.1. The molecule has 0 amide bonds. The second-order valence-corrected chi connectivity index (χ2v) is 9.53. The van der Waals surface area contributed by atoms with Gasteiger partial charge in [0.25, 0.3) is 0 Å². The van der Waals surface area contributed by atoms with Crippen LogP contribution < -0.4 is 0 Å². The van der Waals surface area contributed by atoms with Crippen molar-refractivity contribution in [3.8, 4) is 11.3 Å². The Hall–Kier alpha value is -2.41. The Morgan fingerprint density at radius 3 is 2.45 bits per heavy atom. The van der Waals surface area contributed by atoms with Crippen LogP contribution in [0.5, 0.6) is 0 Å². The van der Waals surface area contributed by atoms with Gasteiger partial charge in [-0.15, -0.1) is 0 Å². The highest BCUT2D eigenvalue weighted by atomic mass is 35.5. The van der Waals surface area contributed by atoms with E-state index in [-0.39, 0.29) is 5.92 Å². The van der Waals surface area contributed by atoms with Gasteiger partial charge in [0.05, 0.1) is 5.56 Å². The Labute approximate surface area is 195 Å². The quantitative estimate of drug-likeness (QED) is 0.382. The number of hydrogen-bond donors (Lipinski definition) is 1. The third-order valence-corrected chi connectivity index (χ3v) is 6.78. The molecule has 176 valence electrons. The number of aromatic amines is 1. The maximum atomic E-state index is 14.1. The lowest BCUT2D eigenvalue weighted by Gasteiger charge is -2.29. The molecule has 1 N–H and O–H groups in total. The average Bonchev–Trinajstić information content (AvgIpc) is 3.14. The molecule has 0 radical (unpaired) electrons. The monoisotopic (exact) mass is 479 g/mol. The number of rotatable bonds is 5. The van der Waals surface area contributed by atoms with Crippen LogP contribution in [-0.4, -0.2) is 20.6 Å². The number of hydrogen-bond acceptors (Lipinski definition) is 2. The van der Waals surface area contributed by atoms with Crippen molar-refractivity contribution in [1.29, 1.82) is 0 Å². The van der Waals surface area contributed by atoms with Crippen molar-refractivity contribution in [3.63, 3.8) is 0 Å². The number of aromatic nitrogens is 3. The summed E-state index contributed by atoms with van der Waals surface area (Å²) in [6.45, 7) is 3.64. The lowest BCUT2D eigenvalue weighted by atomic mass is 9.81. The number of H-pyrrole nitrogens is 1. The lowest BCUT2D eigenvalue weighted by Crippen LogP contribution is -2.25. The molecule has 1 aromatic carbocycles. The fourth-order valence-electron chi connectivity index (χ4n) is 4.37. The summed E-state index contributed by atoms with van der Waals surface area (Å²) in [7, 11) is 0. The summed E-state index contributed by atoms with van der Waals surface area (Å²) in [5.41, 5.74) is 2.48. The van der Waals surface area contributed by atoms with E-state index in [2.05, 4.69) is 9.97 Å². The van der Waals surface area contributed by atoms with E-state index in [1.54, 1.807) is 6.92 Å². The lowest BCUT2D eigenvalue weighted by molar-refractivity contribution is -0.137.